The predicted molar refractivity (Wildman–Crippen MR) is 78.3 cm³/mol. The van der Waals surface area contributed by atoms with Gasteiger partial charge in [-0.2, -0.15) is 0 Å². The van der Waals surface area contributed by atoms with Crippen LogP contribution in [0.4, 0.5) is 0 Å². The molecule has 0 heterocycles. The molecule has 0 aliphatic heterocycles. The minimum absolute atomic E-state index is 0.0181. The first-order valence-corrected chi connectivity index (χ1v) is 6.72. The zero-order valence-electron chi connectivity index (χ0n) is 12.5. The summed E-state index contributed by atoms with van der Waals surface area (Å²) in [5.74, 6) is -1.46. The quantitative estimate of drug-likeness (QED) is 0.640. The number of aromatic carboxylic acids is 1. The van der Waals surface area contributed by atoms with E-state index in [0.29, 0.717) is 12.0 Å². The Balaban J connectivity index is 0.000000621. The standard InChI is InChI=1S/C11H12O4.C4H11N/c1-3-8-5-4-6-9(11(13)14)10(8)15-7(2)12;1-3-5-4-2/h4-6H,3H2,1-2H3,(H,13,14);5H,3-4H2,1-2H3. The summed E-state index contributed by atoms with van der Waals surface area (Å²) < 4.78 is 4.91. The fourth-order valence-electron chi connectivity index (χ4n) is 1.55. The van der Waals surface area contributed by atoms with Crippen molar-refractivity contribution >= 4 is 11.9 Å². The molecule has 0 aliphatic carbocycles. The van der Waals surface area contributed by atoms with Crippen molar-refractivity contribution in [1.29, 1.82) is 0 Å². The number of benzene rings is 1. The minimum atomic E-state index is -1.10. The average Bonchev–Trinajstić information content (AvgIpc) is 2.39. The number of carboxylic acids is 1. The molecule has 2 N–H and O–H groups in total. The van der Waals surface area contributed by atoms with Crippen molar-refractivity contribution in [1.82, 2.24) is 5.32 Å². The van der Waals surface area contributed by atoms with Crippen molar-refractivity contribution < 1.29 is 19.4 Å². The van der Waals surface area contributed by atoms with E-state index in [1.807, 2.05) is 6.92 Å². The van der Waals surface area contributed by atoms with Crippen molar-refractivity contribution in [2.45, 2.75) is 34.1 Å². The fourth-order valence-corrected chi connectivity index (χ4v) is 1.55. The second-order valence-corrected chi connectivity index (χ2v) is 4.00. The van der Waals surface area contributed by atoms with Gasteiger partial charge >= 0.3 is 11.9 Å². The Hall–Kier alpha value is -1.88. The van der Waals surface area contributed by atoms with Gasteiger partial charge in [-0.25, -0.2) is 4.79 Å². The first-order chi connectivity index (χ1) is 9.47. The third-order valence-corrected chi connectivity index (χ3v) is 2.45. The van der Waals surface area contributed by atoms with Crippen molar-refractivity contribution in [2.75, 3.05) is 13.1 Å². The Morgan fingerprint density at radius 1 is 1.20 bits per heavy atom. The lowest BCUT2D eigenvalue weighted by Crippen LogP contribution is -2.09. The van der Waals surface area contributed by atoms with E-state index in [4.69, 9.17) is 9.84 Å². The van der Waals surface area contributed by atoms with Gasteiger partial charge in [-0.3, -0.25) is 4.79 Å². The summed E-state index contributed by atoms with van der Waals surface area (Å²) >= 11 is 0. The summed E-state index contributed by atoms with van der Waals surface area (Å²) in [7, 11) is 0. The Labute approximate surface area is 120 Å². The molecule has 0 aliphatic rings. The number of carbonyl (C=O) groups excluding carboxylic acids is 1. The molecule has 5 heteroatoms. The molecule has 1 aromatic carbocycles. The van der Waals surface area contributed by atoms with Gasteiger partial charge in [0.05, 0.1) is 0 Å². The normalized spacial score (nSPS) is 9.40. The summed E-state index contributed by atoms with van der Waals surface area (Å²) in [6.45, 7) is 9.51. The molecule has 1 rings (SSSR count). The molecule has 1 aromatic rings. The number of aryl methyl sites for hydroxylation is 1. The van der Waals surface area contributed by atoms with E-state index in [1.165, 1.54) is 13.0 Å². The number of hydrogen-bond donors (Lipinski definition) is 2. The van der Waals surface area contributed by atoms with E-state index < -0.39 is 11.9 Å². The predicted octanol–water partition coefficient (Wildman–Crippen LogP) is 2.49. The van der Waals surface area contributed by atoms with E-state index in [2.05, 4.69) is 19.2 Å². The first-order valence-electron chi connectivity index (χ1n) is 6.72. The Morgan fingerprint density at radius 2 is 1.80 bits per heavy atom. The van der Waals surface area contributed by atoms with E-state index >= 15 is 0 Å². The molecule has 112 valence electrons. The lowest BCUT2D eigenvalue weighted by atomic mass is 10.1. The molecule has 0 aromatic heterocycles. The molecule has 0 bridgehead atoms. The highest BCUT2D eigenvalue weighted by atomic mass is 16.5. The highest BCUT2D eigenvalue weighted by Crippen LogP contribution is 2.24. The third kappa shape index (κ3) is 6.33. The molecule has 5 nitrogen and oxygen atoms in total. The van der Waals surface area contributed by atoms with Crippen LogP contribution in [0.15, 0.2) is 18.2 Å². The van der Waals surface area contributed by atoms with Gasteiger partial charge in [0.25, 0.3) is 0 Å². The second kappa shape index (κ2) is 9.97. The van der Waals surface area contributed by atoms with Crippen LogP contribution in [0.25, 0.3) is 0 Å². The lowest BCUT2D eigenvalue weighted by Gasteiger charge is -2.09. The van der Waals surface area contributed by atoms with Crippen LogP contribution in [-0.2, 0) is 11.2 Å². The Morgan fingerprint density at radius 3 is 2.15 bits per heavy atom. The van der Waals surface area contributed by atoms with Gasteiger partial charge in [-0.1, -0.05) is 32.9 Å². The molecule has 0 unspecified atom stereocenters. The van der Waals surface area contributed by atoms with Crippen LogP contribution in [0.5, 0.6) is 5.75 Å². The van der Waals surface area contributed by atoms with Crippen LogP contribution in [0.3, 0.4) is 0 Å². The molecule has 0 atom stereocenters. The number of para-hydroxylation sites is 1. The van der Waals surface area contributed by atoms with Crippen LogP contribution in [0.1, 0.15) is 43.6 Å². The molecule has 0 amide bonds. The summed E-state index contributed by atoms with van der Waals surface area (Å²) in [4.78, 5) is 21.7. The van der Waals surface area contributed by atoms with E-state index in [0.717, 1.165) is 13.1 Å². The first kappa shape index (κ1) is 18.1. The van der Waals surface area contributed by atoms with Crippen LogP contribution >= 0.6 is 0 Å². The molecule has 0 radical (unpaired) electrons. The topological polar surface area (TPSA) is 75.6 Å². The Kier molecular flexibility index (Phi) is 9.04. The fraction of sp³-hybridized carbons (Fsp3) is 0.467. The van der Waals surface area contributed by atoms with E-state index in [-0.39, 0.29) is 11.3 Å². The number of rotatable bonds is 5. The van der Waals surface area contributed by atoms with Crippen LogP contribution in [0, 0.1) is 0 Å². The van der Waals surface area contributed by atoms with E-state index in [9.17, 15) is 9.59 Å². The van der Waals surface area contributed by atoms with Gasteiger partial charge in [-0.15, -0.1) is 0 Å². The number of hydrogen-bond acceptors (Lipinski definition) is 4. The third-order valence-electron chi connectivity index (χ3n) is 2.45. The number of esters is 1. The molecular weight excluding hydrogens is 258 g/mol. The zero-order valence-corrected chi connectivity index (χ0v) is 12.5. The smallest absolute Gasteiger partial charge is 0.339 e. The van der Waals surface area contributed by atoms with Gasteiger partial charge in [0, 0.05) is 6.92 Å². The highest BCUT2D eigenvalue weighted by molar-refractivity contribution is 5.92. The monoisotopic (exact) mass is 281 g/mol. The van der Waals surface area contributed by atoms with Gasteiger partial charge in [0.2, 0.25) is 0 Å². The summed E-state index contributed by atoms with van der Waals surface area (Å²) in [5, 5.41) is 12.0. The van der Waals surface area contributed by atoms with Crippen molar-refractivity contribution in [2.24, 2.45) is 0 Å². The Bertz CT molecular complexity index is 441. The summed E-state index contributed by atoms with van der Waals surface area (Å²) in [6, 6.07) is 4.79. The van der Waals surface area contributed by atoms with Gasteiger partial charge in [0.1, 0.15) is 11.3 Å². The zero-order chi connectivity index (χ0) is 15.5. The van der Waals surface area contributed by atoms with Crippen LogP contribution < -0.4 is 10.1 Å². The number of carbonyl (C=O) groups is 2. The number of ether oxygens (including phenoxy) is 1. The molecule has 0 saturated heterocycles. The molecule has 0 saturated carbocycles. The van der Waals surface area contributed by atoms with Gasteiger partial charge < -0.3 is 15.2 Å². The second-order valence-electron chi connectivity index (χ2n) is 4.00. The van der Waals surface area contributed by atoms with Gasteiger partial charge in [0.15, 0.2) is 0 Å². The number of nitrogens with one attached hydrogen (secondary N) is 1. The molecule has 0 spiro atoms. The van der Waals surface area contributed by atoms with Crippen molar-refractivity contribution in [3.05, 3.63) is 29.3 Å². The van der Waals surface area contributed by atoms with Crippen molar-refractivity contribution in [3.63, 3.8) is 0 Å². The van der Waals surface area contributed by atoms with Gasteiger partial charge in [-0.05, 0) is 31.1 Å². The molecule has 0 fully saturated rings. The average molecular weight is 281 g/mol. The minimum Gasteiger partial charge on any atom is -0.478 e. The maximum absolute atomic E-state index is 10.9. The van der Waals surface area contributed by atoms with Crippen LogP contribution in [0.2, 0.25) is 0 Å². The van der Waals surface area contributed by atoms with Crippen molar-refractivity contribution in [3.8, 4) is 5.75 Å². The highest BCUT2D eigenvalue weighted by Gasteiger charge is 2.15. The SMILES string of the molecule is CCNCC.CCc1cccc(C(=O)O)c1OC(C)=O. The van der Waals surface area contributed by atoms with E-state index in [1.54, 1.807) is 12.1 Å². The lowest BCUT2D eigenvalue weighted by molar-refractivity contribution is -0.131. The summed E-state index contributed by atoms with van der Waals surface area (Å²) in [6.07, 6.45) is 0.615. The number of carboxylic acid groups (broad SMARTS) is 1. The molecular formula is C15H23NO4. The molecule has 20 heavy (non-hydrogen) atoms. The maximum Gasteiger partial charge on any atom is 0.339 e. The largest absolute Gasteiger partial charge is 0.478 e. The summed E-state index contributed by atoms with van der Waals surface area (Å²) in [5.41, 5.74) is 0.731. The maximum atomic E-state index is 10.9. The van der Waals surface area contributed by atoms with Crippen LogP contribution in [-0.4, -0.2) is 30.1 Å².